The molecule has 0 radical (unpaired) electrons. The molecule has 30 heavy (non-hydrogen) atoms. The molecule has 3 amide bonds. The van der Waals surface area contributed by atoms with Crippen LogP contribution in [0, 0.1) is 6.92 Å². The number of aromatic nitrogens is 1. The van der Waals surface area contributed by atoms with E-state index in [1.165, 1.54) is 4.90 Å². The molecule has 0 N–H and O–H groups in total. The van der Waals surface area contributed by atoms with Gasteiger partial charge in [-0.2, -0.15) is 0 Å². The number of carbonyl (C=O) groups is 3. The Labute approximate surface area is 176 Å². The van der Waals surface area contributed by atoms with E-state index in [0.717, 1.165) is 16.7 Å². The van der Waals surface area contributed by atoms with Crippen molar-refractivity contribution in [1.82, 2.24) is 14.8 Å². The van der Waals surface area contributed by atoms with Gasteiger partial charge in [0.15, 0.2) is 0 Å². The minimum absolute atomic E-state index is 0.0222. The van der Waals surface area contributed by atoms with Crippen molar-refractivity contribution in [3.05, 3.63) is 65.5 Å². The van der Waals surface area contributed by atoms with E-state index in [2.05, 4.69) is 4.98 Å². The number of imide groups is 1. The van der Waals surface area contributed by atoms with Gasteiger partial charge in [0.25, 0.3) is 0 Å². The minimum atomic E-state index is -1.20. The maximum Gasteiger partial charge on any atom is 0.241 e. The van der Waals surface area contributed by atoms with E-state index in [0.29, 0.717) is 13.2 Å². The van der Waals surface area contributed by atoms with Crippen LogP contribution < -0.4 is 0 Å². The summed E-state index contributed by atoms with van der Waals surface area (Å²) in [5.74, 6) is -0.790. The number of hydrogen-bond acceptors (Lipinski definition) is 5. The number of methoxy groups -OCH3 is 1. The van der Waals surface area contributed by atoms with E-state index in [4.69, 9.17) is 4.74 Å². The molecule has 1 saturated heterocycles. The topological polar surface area (TPSA) is 79.8 Å². The third-order valence-corrected chi connectivity index (χ3v) is 5.67. The van der Waals surface area contributed by atoms with Crippen LogP contribution in [0.5, 0.6) is 0 Å². The highest BCUT2D eigenvalue weighted by molar-refractivity contribution is 6.10. The Morgan fingerprint density at radius 1 is 1.20 bits per heavy atom. The van der Waals surface area contributed by atoms with Crippen molar-refractivity contribution in [3.63, 3.8) is 0 Å². The Hall–Kier alpha value is -3.06. The van der Waals surface area contributed by atoms with Crippen molar-refractivity contribution >= 4 is 17.7 Å². The molecule has 7 heteroatoms. The van der Waals surface area contributed by atoms with Crippen LogP contribution in [-0.4, -0.2) is 59.8 Å². The number of nitrogens with zero attached hydrogens (tertiary/aromatic N) is 3. The summed E-state index contributed by atoms with van der Waals surface area (Å²) in [6.45, 7) is 2.89. The average molecular weight is 409 g/mol. The Bertz CT molecular complexity index is 931. The summed E-state index contributed by atoms with van der Waals surface area (Å²) < 4.78 is 5.05. The number of likely N-dealkylation sites (tertiary alicyclic amines) is 1. The number of benzene rings is 1. The zero-order chi connectivity index (χ0) is 21.7. The van der Waals surface area contributed by atoms with E-state index >= 15 is 0 Å². The molecule has 1 atom stereocenters. The first-order valence-corrected chi connectivity index (χ1v) is 9.92. The number of aryl methyl sites for hydroxylation is 1. The van der Waals surface area contributed by atoms with E-state index in [-0.39, 0.29) is 37.1 Å². The zero-order valence-corrected chi connectivity index (χ0v) is 17.6. The standard InChI is InChI=1S/C23H27N3O4/c1-17-6-4-5-7-19(17)23(14-20(27)25(2)12-13-30-3)15-21(28)26(22(23)29)16-18-8-10-24-11-9-18/h4-11H,12-16H2,1-3H3. The van der Waals surface area contributed by atoms with E-state index < -0.39 is 5.41 Å². The number of amides is 3. The molecule has 0 spiro atoms. The van der Waals surface area contributed by atoms with Crippen LogP contribution in [0.2, 0.25) is 0 Å². The first-order valence-electron chi connectivity index (χ1n) is 9.92. The summed E-state index contributed by atoms with van der Waals surface area (Å²) in [4.78, 5) is 46.4. The van der Waals surface area contributed by atoms with Crippen molar-refractivity contribution < 1.29 is 19.1 Å². The first-order chi connectivity index (χ1) is 14.4. The zero-order valence-electron chi connectivity index (χ0n) is 17.6. The number of pyridine rings is 1. The molecule has 1 aliphatic heterocycles. The molecule has 158 valence electrons. The predicted molar refractivity (Wildman–Crippen MR) is 111 cm³/mol. The van der Waals surface area contributed by atoms with E-state index in [9.17, 15) is 14.4 Å². The lowest BCUT2D eigenvalue weighted by Crippen LogP contribution is -2.43. The van der Waals surface area contributed by atoms with Gasteiger partial charge in [-0.3, -0.25) is 24.3 Å². The second kappa shape index (κ2) is 9.17. The van der Waals surface area contributed by atoms with Gasteiger partial charge in [0, 0.05) is 45.9 Å². The molecule has 0 saturated carbocycles. The highest BCUT2D eigenvalue weighted by Gasteiger charge is 2.54. The van der Waals surface area contributed by atoms with Crippen molar-refractivity contribution in [2.45, 2.75) is 31.7 Å². The van der Waals surface area contributed by atoms with Gasteiger partial charge in [-0.1, -0.05) is 24.3 Å². The highest BCUT2D eigenvalue weighted by atomic mass is 16.5. The monoisotopic (exact) mass is 409 g/mol. The molecular formula is C23H27N3O4. The van der Waals surface area contributed by atoms with Crippen molar-refractivity contribution in [3.8, 4) is 0 Å². The molecule has 1 aromatic heterocycles. The number of carbonyl (C=O) groups excluding carboxylic acids is 3. The summed E-state index contributed by atoms with van der Waals surface area (Å²) in [6.07, 6.45) is 3.17. The van der Waals surface area contributed by atoms with Gasteiger partial charge >= 0.3 is 0 Å². The third-order valence-electron chi connectivity index (χ3n) is 5.67. The maximum atomic E-state index is 13.7. The van der Waals surface area contributed by atoms with Gasteiger partial charge in [-0.15, -0.1) is 0 Å². The van der Waals surface area contributed by atoms with Gasteiger partial charge in [-0.25, -0.2) is 0 Å². The van der Waals surface area contributed by atoms with Crippen LogP contribution in [0.3, 0.4) is 0 Å². The van der Waals surface area contributed by atoms with Gasteiger partial charge < -0.3 is 9.64 Å². The Morgan fingerprint density at radius 3 is 2.57 bits per heavy atom. The molecule has 1 unspecified atom stereocenters. The fourth-order valence-corrected chi connectivity index (χ4v) is 3.93. The lowest BCUT2D eigenvalue weighted by atomic mass is 9.74. The van der Waals surface area contributed by atoms with Crippen LogP contribution in [-0.2, 0) is 31.1 Å². The van der Waals surface area contributed by atoms with Gasteiger partial charge in [0.05, 0.1) is 18.6 Å². The molecule has 2 aromatic rings. The SMILES string of the molecule is COCCN(C)C(=O)CC1(c2ccccc2C)CC(=O)N(Cc2ccncc2)C1=O. The highest BCUT2D eigenvalue weighted by Crippen LogP contribution is 2.42. The molecule has 7 nitrogen and oxygen atoms in total. The number of hydrogen-bond donors (Lipinski definition) is 0. The first kappa shape index (κ1) is 21.6. The van der Waals surface area contributed by atoms with Crippen LogP contribution >= 0.6 is 0 Å². The van der Waals surface area contributed by atoms with Crippen molar-refractivity contribution in [2.75, 3.05) is 27.3 Å². The predicted octanol–water partition coefficient (Wildman–Crippen LogP) is 2.08. The van der Waals surface area contributed by atoms with Gasteiger partial charge in [0.1, 0.15) is 0 Å². The number of likely N-dealkylation sites (N-methyl/N-ethyl adjacent to an activating group) is 1. The fourth-order valence-electron chi connectivity index (χ4n) is 3.93. The average Bonchev–Trinajstić information content (AvgIpc) is 2.97. The van der Waals surface area contributed by atoms with Crippen LogP contribution in [0.1, 0.15) is 29.5 Å². The second-order valence-electron chi connectivity index (χ2n) is 7.70. The molecule has 1 fully saturated rings. The molecular weight excluding hydrogens is 382 g/mol. The molecule has 2 heterocycles. The largest absolute Gasteiger partial charge is 0.383 e. The summed E-state index contributed by atoms with van der Waals surface area (Å²) in [6, 6.07) is 11.0. The summed E-state index contributed by atoms with van der Waals surface area (Å²) in [5.41, 5.74) is 1.23. The summed E-state index contributed by atoms with van der Waals surface area (Å²) in [5, 5.41) is 0. The van der Waals surface area contributed by atoms with Gasteiger partial charge in [-0.05, 0) is 35.7 Å². The van der Waals surface area contributed by atoms with E-state index in [1.54, 1.807) is 43.6 Å². The summed E-state index contributed by atoms with van der Waals surface area (Å²) in [7, 11) is 3.26. The normalized spacial score (nSPS) is 18.7. The van der Waals surface area contributed by atoms with E-state index in [1.807, 2.05) is 31.2 Å². The number of rotatable bonds is 8. The molecule has 3 rings (SSSR count). The van der Waals surface area contributed by atoms with Crippen LogP contribution in [0.25, 0.3) is 0 Å². The number of ether oxygens (including phenoxy) is 1. The molecule has 1 aliphatic rings. The van der Waals surface area contributed by atoms with Gasteiger partial charge in [0.2, 0.25) is 17.7 Å². The van der Waals surface area contributed by atoms with Crippen LogP contribution in [0.4, 0.5) is 0 Å². The lowest BCUT2D eigenvalue weighted by Gasteiger charge is -2.30. The smallest absolute Gasteiger partial charge is 0.241 e. The van der Waals surface area contributed by atoms with Crippen molar-refractivity contribution in [1.29, 1.82) is 0 Å². The Kier molecular flexibility index (Phi) is 6.62. The Morgan fingerprint density at radius 2 is 1.90 bits per heavy atom. The fraction of sp³-hybridized carbons (Fsp3) is 0.391. The molecule has 0 bridgehead atoms. The molecule has 1 aromatic carbocycles. The minimum Gasteiger partial charge on any atom is -0.383 e. The lowest BCUT2D eigenvalue weighted by molar-refractivity contribution is -0.143. The second-order valence-corrected chi connectivity index (χ2v) is 7.70. The summed E-state index contributed by atoms with van der Waals surface area (Å²) >= 11 is 0. The molecule has 0 aliphatic carbocycles. The quantitative estimate of drug-likeness (QED) is 0.624. The maximum absolute atomic E-state index is 13.7. The Balaban J connectivity index is 1.96. The van der Waals surface area contributed by atoms with Crippen LogP contribution in [0.15, 0.2) is 48.8 Å². The third kappa shape index (κ3) is 4.26. The van der Waals surface area contributed by atoms with Crippen molar-refractivity contribution in [2.24, 2.45) is 0 Å².